The van der Waals surface area contributed by atoms with Crippen molar-refractivity contribution in [1.82, 2.24) is 4.57 Å². The fourth-order valence-corrected chi connectivity index (χ4v) is 2.84. The molecule has 0 aliphatic heterocycles. The van der Waals surface area contributed by atoms with Gasteiger partial charge in [-0.2, -0.15) is 0 Å². The minimum absolute atomic E-state index is 0.614. The lowest BCUT2D eigenvalue weighted by Crippen LogP contribution is -2.09. The van der Waals surface area contributed by atoms with E-state index in [4.69, 9.17) is 0 Å². The van der Waals surface area contributed by atoms with Gasteiger partial charge in [0.05, 0.1) is 6.26 Å². The first kappa shape index (κ1) is 13.9. The molecule has 19 heavy (non-hydrogen) atoms. The van der Waals surface area contributed by atoms with Gasteiger partial charge >= 0.3 is 0 Å². The molecule has 2 rings (SSSR count). The van der Waals surface area contributed by atoms with Crippen molar-refractivity contribution in [3.8, 4) is 0 Å². The molecule has 1 heterocycles. The van der Waals surface area contributed by atoms with Gasteiger partial charge in [0.2, 0.25) is 10.0 Å². The van der Waals surface area contributed by atoms with Gasteiger partial charge in [-0.25, -0.2) is 8.42 Å². The van der Waals surface area contributed by atoms with Gasteiger partial charge in [0, 0.05) is 29.3 Å². The second-order valence-electron chi connectivity index (χ2n) is 4.95. The van der Waals surface area contributed by atoms with E-state index in [9.17, 15) is 8.42 Å². The molecule has 0 saturated heterocycles. The van der Waals surface area contributed by atoms with Crippen LogP contribution in [0.1, 0.15) is 25.5 Å². The molecular formula is C14H20N2O2S. The summed E-state index contributed by atoms with van der Waals surface area (Å²) in [5, 5.41) is 1.07. The van der Waals surface area contributed by atoms with Crippen molar-refractivity contribution in [1.29, 1.82) is 0 Å². The van der Waals surface area contributed by atoms with E-state index in [0.29, 0.717) is 5.69 Å². The van der Waals surface area contributed by atoms with Crippen molar-refractivity contribution < 1.29 is 8.42 Å². The first-order valence-electron chi connectivity index (χ1n) is 6.47. The molecule has 0 spiro atoms. The molecule has 4 nitrogen and oxygen atoms in total. The van der Waals surface area contributed by atoms with Crippen molar-refractivity contribution in [2.45, 2.75) is 26.2 Å². The molecule has 5 heteroatoms. The largest absolute Gasteiger partial charge is 0.348 e. The highest BCUT2D eigenvalue weighted by molar-refractivity contribution is 7.92. The Morgan fingerprint density at radius 1 is 1.26 bits per heavy atom. The van der Waals surface area contributed by atoms with E-state index >= 15 is 0 Å². The smallest absolute Gasteiger partial charge is 0.229 e. The highest BCUT2D eigenvalue weighted by atomic mass is 32.2. The number of anilines is 1. The average molecular weight is 280 g/mol. The number of hydrogen-bond acceptors (Lipinski definition) is 2. The summed E-state index contributed by atoms with van der Waals surface area (Å²) in [7, 11) is -1.17. The van der Waals surface area contributed by atoms with Crippen LogP contribution in [0.3, 0.4) is 0 Å². The van der Waals surface area contributed by atoms with Crippen molar-refractivity contribution in [2.75, 3.05) is 11.0 Å². The predicted molar refractivity (Wildman–Crippen MR) is 80.0 cm³/mol. The molecule has 0 saturated carbocycles. The molecule has 0 fully saturated rings. The number of nitrogens with zero attached hydrogens (tertiary/aromatic N) is 1. The van der Waals surface area contributed by atoms with Crippen LogP contribution in [0.2, 0.25) is 0 Å². The van der Waals surface area contributed by atoms with Crippen LogP contribution in [0.25, 0.3) is 10.9 Å². The fourth-order valence-electron chi connectivity index (χ4n) is 2.28. The molecule has 104 valence electrons. The van der Waals surface area contributed by atoms with Crippen molar-refractivity contribution in [3.63, 3.8) is 0 Å². The number of benzene rings is 1. The SMILES string of the molecule is CCCCc1cc2cc(NS(C)(=O)=O)ccc2n1C. The number of hydrogen-bond donors (Lipinski definition) is 1. The monoisotopic (exact) mass is 280 g/mol. The molecule has 2 aromatic rings. The number of unbranched alkanes of at least 4 members (excludes halogenated alkanes) is 1. The maximum absolute atomic E-state index is 11.2. The van der Waals surface area contributed by atoms with Crippen LogP contribution in [-0.2, 0) is 23.5 Å². The van der Waals surface area contributed by atoms with E-state index in [-0.39, 0.29) is 0 Å². The number of nitrogens with one attached hydrogen (secondary N) is 1. The molecule has 0 amide bonds. The number of aryl methyl sites for hydroxylation is 2. The molecule has 0 atom stereocenters. The topological polar surface area (TPSA) is 51.1 Å². The third kappa shape index (κ3) is 3.29. The molecule has 1 aromatic heterocycles. The lowest BCUT2D eigenvalue weighted by Gasteiger charge is -2.05. The molecular weight excluding hydrogens is 260 g/mol. The van der Waals surface area contributed by atoms with Crippen molar-refractivity contribution >= 4 is 26.6 Å². The molecule has 0 bridgehead atoms. The number of fused-ring (bicyclic) bond motifs is 1. The van der Waals surface area contributed by atoms with Crippen LogP contribution in [0, 0.1) is 0 Å². The van der Waals surface area contributed by atoms with Crippen LogP contribution >= 0.6 is 0 Å². The van der Waals surface area contributed by atoms with E-state index < -0.39 is 10.0 Å². The summed E-state index contributed by atoms with van der Waals surface area (Å²) in [5.41, 5.74) is 3.03. The van der Waals surface area contributed by atoms with Crippen LogP contribution in [0.4, 0.5) is 5.69 Å². The zero-order chi connectivity index (χ0) is 14.0. The highest BCUT2D eigenvalue weighted by Crippen LogP contribution is 2.24. The Morgan fingerprint density at radius 2 is 2.00 bits per heavy atom. The second kappa shape index (κ2) is 5.25. The third-order valence-electron chi connectivity index (χ3n) is 3.23. The maximum atomic E-state index is 11.2. The van der Waals surface area contributed by atoms with Crippen LogP contribution in [0.15, 0.2) is 24.3 Å². The Bertz CT molecular complexity index is 687. The van der Waals surface area contributed by atoms with Gasteiger partial charge in [0.15, 0.2) is 0 Å². The van der Waals surface area contributed by atoms with Gasteiger partial charge in [-0.15, -0.1) is 0 Å². The molecule has 1 aromatic carbocycles. The first-order valence-corrected chi connectivity index (χ1v) is 8.36. The summed E-state index contributed by atoms with van der Waals surface area (Å²) < 4.78 is 27.2. The van der Waals surface area contributed by atoms with Gasteiger partial charge in [0.1, 0.15) is 0 Å². The minimum atomic E-state index is -3.22. The van der Waals surface area contributed by atoms with Crippen LogP contribution < -0.4 is 4.72 Å². The Hall–Kier alpha value is -1.49. The second-order valence-corrected chi connectivity index (χ2v) is 6.69. The highest BCUT2D eigenvalue weighted by Gasteiger charge is 2.08. The van der Waals surface area contributed by atoms with Crippen LogP contribution in [-0.4, -0.2) is 19.2 Å². The summed E-state index contributed by atoms with van der Waals surface area (Å²) in [6.45, 7) is 2.18. The van der Waals surface area contributed by atoms with E-state index in [1.165, 1.54) is 18.5 Å². The molecule has 0 aliphatic carbocycles. The van der Waals surface area contributed by atoms with Gasteiger partial charge in [-0.1, -0.05) is 13.3 Å². The van der Waals surface area contributed by atoms with E-state index in [2.05, 4.69) is 29.3 Å². The summed E-state index contributed by atoms with van der Waals surface area (Å²) in [4.78, 5) is 0. The first-order chi connectivity index (χ1) is 8.90. The lowest BCUT2D eigenvalue weighted by atomic mass is 10.2. The molecule has 0 unspecified atom stereocenters. The Morgan fingerprint density at radius 3 is 2.63 bits per heavy atom. The van der Waals surface area contributed by atoms with Crippen LogP contribution in [0.5, 0.6) is 0 Å². The summed E-state index contributed by atoms with van der Waals surface area (Å²) in [6.07, 6.45) is 4.55. The van der Waals surface area contributed by atoms with E-state index in [0.717, 1.165) is 23.6 Å². The Kier molecular flexibility index (Phi) is 3.85. The molecule has 1 N–H and O–H groups in total. The van der Waals surface area contributed by atoms with Gasteiger partial charge in [-0.3, -0.25) is 4.72 Å². The van der Waals surface area contributed by atoms with E-state index in [1.54, 1.807) is 6.07 Å². The number of rotatable bonds is 5. The number of sulfonamides is 1. The van der Waals surface area contributed by atoms with Gasteiger partial charge in [0.25, 0.3) is 0 Å². The zero-order valence-electron chi connectivity index (χ0n) is 11.6. The molecule has 0 radical (unpaired) electrons. The average Bonchev–Trinajstić information content (AvgIpc) is 2.61. The van der Waals surface area contributed by atoms with Gasteiger partial charge < -0.3 is 4.57 Å². The van der Waals surface area contributed by atoms with Crippen molar-refractivity contribution in [3.05, 3.63) is 30.0 Å². The zero-order valence-corrected chi connectivity index (χ0v) is 12.4. The Labute approximate surface area is 114 Å². The Balaban J connectivity index is 2.38. The summed E-state index contributed by atoms with van der Waals surface area (Å²) in [5.74, 6) is 0. The minimum Gasteiger partial charge on any atom is -0.348 e. The quantitative estimate of drug-likeness (QED) is 0.915. The fraction of sp³-hybridized carbons (Fsp3) is 0.429. The normalized spacial score (nSPS) is 11.9. The summed E-state index contributed by atoms with van der Waals surface area (Å²) >= 11 is 0. The standard InChI is InChI=1S/C14H20N2O2S/c1-4-5-6-13-10-11-9-12(15-19(3,17)18)7-8-14(11)16(13)2/h7-10,15H,4-6H2,1-3H3. The number of aromatic nitrogens is 1. The van der Waals surface area contributed by atoms with Crippen molar-refractivity contribution in [2.24, 2.45) is 7.05 Å². The van der Waals surface area contributed by atoms with E-state index in [1.807, 2.05) is 12.1 Å². The lowest BCUT2D eigenvalue weighted by molar-refractivity contribution is 0.607. The maximum Gasteiger partial charge on any atom is 0.229 e. The molecule has 0 aliphatic rings. The van der Waals surface area contributed by atoms with Gasteiger partial charge in [-0.05, 0) is 37.1 Å². The predicted octanol–water partition coefficient (Wildman–Crippen LogP) is 2.89. The third-order valence-corrected chi connectivity index (χ3v) is 3.84. The summed E-state index contributed by atoms with van der Waals surface area (Å²) in [6, 6.07) is 7.77.